The summed E-state index contributed by atoms with van der Waals surface area (Å²) in [5, 5.41) is 12.2. The summed E-state index contributed by atoms with van der Waals surface area (Å²) in [7, 11) is 1.48. The van der Waals surface area contributed by atoms with Crippen molar-refractivity contribution in [2.45, 2.75) is 13.1 Å². The molecule has 0 saturated heterocycles. The predicted octanol–water partition coefficient (Wildman–Crippen LogP) is 2.87. The smallest absolute Gasteiger partial charge is 0.389 e. The van der Waals surface area contributed by atoms with Gasteiger partial charge in [-0.3, -0.25) is 10.1 Å². The number of carbonyl (C=O) groups excluding carboxylic acids is 2. The van der Waals surface area contributed by atoms with Gasteiger partial charge in [-0.05, 0) is 29.8 Å². The molecule has 0 radical (unpaired) electrons. The summed E-state index contributed by atoms with van der Waals surface area (Å²) >= 11 is 0.939. The van der Waals surface area contributed by atoms with Gasteiger partial charge in [-0.15, -0.1) is 5.10 Å². The van der Waals surface area contributed by atoms with Crippen LogP contribution in [-0.4, -0.2) is 43.6 Å². The second kappa shape index (κ2) is 10.0. The van der Waals surface area contributed by atoms with Crippen molar-refractivity contribution in [2.24, 2.45) is 0 Å². The van der Waals surface area contributed by atoms with Crippen LogP contribution in [0.5, 0.6) is 5.88 Å². The molecule has 11 nitrogen and oxygen atoms in total. The minimum Gasteiger partial charge on any atom is -0.389 e. The number of nitrogens with one attached hydrogen (secondary N) is 3. The highest BCUT2D eigenvalue weighted by Crippen LogP contribution is 2.20. The van der Waals surface area contributed by atoms with E-state index >= 15 is 0 Å². The van der Waals surface area contributed by atoms with E-state index in [1.165, 1.54) is 24.1 Å². The number of aromatic nitrogens is 4. The zero-order chi connectivity index (χ0) is 24.1. The number of hydrogen-bond acceptors (Lipinski definition) is 8. The van der Waals surface area contributed by atoms with Gasteiger partial charge < -0.3 is 15.0 Å². The largest absolute Gasteiger partial charge is 0.416 e. The molecule has 0 aliphatic rings. The summed E-state index contributed by atoms with van der Waals surface area (Å²) < 4.78 is 22.6. The molecule has 2 aromatic heterocycles. The van der Waals surface area contributed by atoms with Gasteiger partial charge in [0.05, 0.1) is 17.3 Å². The van der Waals surface area contributed by atoms with Crippen LogP contribution in [0.4, 0.5) is 19.1 Å². The van der Waals surface area contributed by atoms with Crippen molar-refractivity contribution in [1.29, 1.82) is 0 Å². The van der Waals surface area contributed by atoms with Crippen molar-refractivity contribution in [3.8, 4) is 5.88 Å². The SMILES string of the molecule is CN(Cc1nsc(NC(=O)NCc2cccc(F)c2)n1)C(=O)Oc1n[nH]c(=O)c2ccccc12. The summed E-state index contributed by atoms with van der Waals surface area (Å²) in [4.78, 5) is 41.8. The number of amides is 3. The minimum atomic E-state index is -0.734. The van der Waals surface area contributed by atoms with Crippen LogP contribution < -0.4 is 20.9 Å². The summed E-state index contributed by atoms with van der Waals surface area (Å²) in [6.07, 6.45) is -0.734. The maximum absolute atomic E-state index is 13.2. The number of fused-ring (bicyclic) bond motifs is 1. The fourth-order valence-corrected chi connectivity index (χ4v) is 3.52. The summed E-state index contributed by atoms with van der Waals surface area (Å²) in [5.74, 6) is -0.139. The molecule has 0 atom stereocenters. The molecule has 13 heteroatoms. The molecular weight excluding hydrogens is 465 g/mol. The van der Waals surface area contributed by atoms with Gasteiger partial charge in [0.15, 0.2) is 5.82 Å². The summed E-state index contributed by atoms with van der Waals surface area (Å²) in [6, 6.07) is 12.0. The molecule has 2 aromatic carbocycles. The van der Waals surface area contributed by atoms with E-state index in [0.717, 1.165) is 11.5 Å². The van der Waals surface area contributed by atoms with Crippen molar-refractivity contribution in [1.82, 2.24) is 29.8 Å². The Balaban J connectivity index is 1.32. The second-order valence-electron chi connectivity index (χ2n) is 7.08. The van der Waals surface area contributed by atoms with E-state index in [2.05, 4.69) is 30.2 Å². The van der Waals surface area contributed by atoms with E-state index < -0.39 is 17.7 Å². The fourth-order valence-electron chi connectivity index (χ4n) is 2.94. The average Bonchev–Trinajstić information content (AvgIpc) is 3.26. The van der Waals surface area contributed by atoms with Crippen molar-refractivity contribution >= 4 is 39.6 Å². The molecule has 0 aliphatic heterocycles. The first-order chi connectivity index (χ1) is 16.4. The lowest BCUT2D eigenvalue weighted by Gasteiger charge is -2.15. The van der Waals surface area contributed by atoms with Gasteiger partial charge in [0.2, 0.25) is 11.0 Å². The normalized spacial score (nSPS) is 10.6. The van der Waals surface area contributed by atoms with Crippen molar-refractivity contribution < 1.29 is 18.7 Å². The van der Waals surface area contributed by atoms with E-state index in [9.17, 15) is 18.8 Å². The third-order valence-corrected chi connectivity index (χ3v) is 5.23. The van der Waals surface area contributed by atoms with Crippen LogP contribution >= 0.6 is 11.5 Å². The maximum atomic E-state index is 13.2. The maximum Gasteiger partial charge on any atom is 0.416 e. The number of rotatable bonds is 6. The lowest BCUT2D eigenvalue weighted by molar-refractivity contribution is 0.158. The number of anilines is 1. The first-order valence-corrected chi connectivity index (χ1v) is 10.7. The number of urea groups is 1. The molecule has 2 heterocycles. The van der Waals surface area contributed by atoms with Gasteiger partial charge in [-0.2, -0.15) is 4.37 Å². The number of nitrogens with zero attached hydrogens (tertiary/aromatic N) is 4. The van der Waals surface area contributed by atoms with E-state index in [4.69, 9.17) is 4.74 Å². The topological polar surface area (TPSA) is 142 Å². The predicted molar refractivity (Wildman–Crippen MR) is 122 cm³/mol. The van der Waals surface area contributed by atoms with E-state index in [0.29, 0.717) is 16.3 Å². The molecule has 0 spiro atoms. The quantitative estimate of drug-likeness (QED) is 0.383. The van der Waals surface area contributed by atoms with E-state index in [1.807, 2.05) is 0 Å². The Bertz CT molecular complexity index is 1410. The van der Waals surface area contributed by atoms with E-state index in [-0.39, 0.29) is 35.7 Å². The average molecular weight is 483 g/mol. The number of hydrogen-bond donors (Lipinski definition) is 3. The highest BCUT2D eigenvalue weighted by Gasteiger charge is 2.18. The van der Waals surface area contributed by atoms with Crippen LogP contribution in [0.25, 0.3) is 10.8 Å². The number of aromatic amines is 1. The lowest BCUT2D eigenvalue weighted by atomic mass is 10.2. The van der Waals surface area contributed by atoms with Crippen LogP contribution in [0.1, 0.15) is 11.4 Å². The fraction of sp³-hybridized carbons (Fsp3) is 0.143. The zero-order valence-electron chi connectivity index (χ0n) is 17.7. The molecule has 0 aliphatic carbocycles. The second-order valence-corrected chi connectivity index (χ2v) is 7.83. The zero-order valence-corrected chi connectivity index (χ0v) is 18.6. The molecule has 34 heavy (non-hydrogen) atoms. The van der Waals surface area contributed by atoms with Gasteiger partial charge in [0, 0.05) is 25.1 Å². The third-order valence-electron chi connectivity index (χ3n) is 4.57. The van der Waals surface area contributed by atoms with E-state index in [1.54, 1.807) is 36.4 Å². The molecular formula is C21H18FN7O4S. The Hall–Kier alpha value is -4.39. The molecule has 0 unspecified atom stereocenters. The van der Waals surface area contributed by atoms with Crippen LogP contribution in [-0.2, 0) is 13.1 Å². The van der Waals surface area contributed by atoms with Crippen molar-refractivity contribution in [3.63, 3.8) is 0 Å². The summed E-state index contributed by atoms with van der Waals surface area (Å²) in [5.41, 5.74) is 0.216. The Kier molecular flexibility index (Phi) is 6.73. The molecule has 0 fully saturated rings. The first-order valence-electron chi connectivity index (χ1n) is 9.91. The highest BCUT2D eigenvalue weighted by atomic mass is 32.1. The Morgan fingerprint density at radius 2 is 1.97 bits per heavy atom. The number of H-pyrrole nitrogens is 1. The number of carbonyl (C=O) groups is 2. The molecule has 4 rings (SSSR count). The number of ether oxygens (including phenoxy) is 1. The third kappa shape index (κ3) is 5.50. The number of benzene rings is 2. The monoisotopic (exact) mass is 483 g/mol. The highest BCUT2D eigenvalue weighted by molar-refractivity contribution is 7.09. The van der Waals surface area contributed by atoms with Crippen molar-refractivity contribution in [3.05, 3.63) is 76.1 Å². The van der Waals surface area contributed by atoms with Crippen LogP contribution in [0, 0.1) is 5.82 Å². The van der Waals surface area contributed by atoms with Crippen molar-refractivity contribution in [2.75, 3.05) is 12.4 Å². The van der Waals surface area contributed by atoms with Crippen LogP contribution in [0.15, 0.2) is 53.3 Å². The van der Waals surface area contributed by atoms with Gasteiger partial charge in [0.25, 0.3) is 5.56 Å². The van der Waals surface area contributed by atoms with Gasteiger partial charge >= 0.3 is 12.1 Å². The Morgan fingerprint density at radius 1 is 1.18 bits per heavy atom. The Morgan fingerprint density at radius 3 is 2.76 bits per heavy atom. The Labute approximate surface area is 195 Å². The molecule has 0 saturated carbocycles. The van der Waals surface area contributed by atoms with Gasteiger partial charge in [-0.25, -0.2) is 24.1 Å². The molecule has 0 bridgehead atoms. The molecule has 4 aromatic rings. The van der Waals surface area contributed by atoms with Crippen LogP contribution in [0.3, 0.4) is 0 Å². The summed E-state index contributed by atoms with van der Waals surface area (Å²) in [6.45, 7) is 0.139. The molecule has 174 valence electrons. The van der Waals surface area contributed by atoms with Crippen LogP contribution in [0.2, 0.25) is 0 Å². The minimum absolute atomic E-state index is 0.00319. The van der Waals surface area contributed by atoms with Gasteiger partial charge in [-0.1, -0.05) is 24.3 Å². The molecule has 3 amide bonds. The molecule has 3 N–H and O–H groups in total. The van der Waals surface area contributed by atoms with Gasteiger partial charge in [0.1, 0.15) is 5.82 Å². The standard InChI is InChI=1S/C21H18FN7O4S/c1-29(21(32)33-18-15-8-3-2-7-14(15)17(30)26-27-18)11-16-24-20(34-28-16)25-19(31)23-10-12-5-4-6-13(22)9-12/h2-9H,10-11H2,1H3,(H,26,30)(H2,23,24,25,28,31). The first kappa shape index (κ1) is 22.8. The number of halogens is 1. The lowest BCUT2D eigenvalue weighted by Crippen LogP contribution is -2.30.